The predicted octanol–water partition coefficient (Wildman–Crippen LogP) is 10.5. The monoisotopic (exact) mass is 602 g/mol. The predicted molar refractivity (Wildman–Crippen MR) is 152 cm³/mol. The van der Waals surface area contributed by atoms with Gasteiger partial charge < -0.3 is 9.05 Å². The first kappa shape index (κ1) is 30.7. The second kappa shape index (κ2) is 13.6. The second-order valence-corrected chi connectivity index (χ2v) is 10.0. The molecule has 0 saturated carbocycles. The molecule has 0 radical (unpaired) electrons. The summed E-state index contributed by atoms with van der Waals surface area (Å²) in [4.78, 5) is 0. The normalized spacial score (nSPS) is 14.0. The van der Waals surface area contributed by atoms with Gasteiger partial charge in [-0.15, -0.1) is 0 Å². The Bertz CT molecular complexity index is 1420. The van der Waals surface area contributed by atoms with Crippen LogP contribution in [-0.2, 0) is 13.6 Å². The zero-order valence-electron chi connectivity index (χ0n) is 22.0. The van der Waals surface area contributed by atoms with E-state index < -0.39 is 33.4 Å². The smallest absolute Gasteiger partial charge is 0.417 e. The van der Waals surface area contributed by atoms with Gasteiger partial charge in [-0.3, -0.25) is 0 Å². The van der Waals surface area contributed by atoms with Crippen molar-refractivity contribution in [2.45, 2.75) is 25.2 Å². The summed E-state index contributed by atoms with van der Waals surface area (Å²) >= 11 is 0. The van der Waals surface area contributed by atoms with Gasteiger partial charge in [0.05, 0.1) is 12.8 Å². The summed E-state index contributed by atoms with van der Waals surface area (Å²) < 4.78 is 108. The van der Waals surface area contributed by atoms with E-state index in [1.54, 1.807) is 72.8 Å². The number of alkyl halides is 6. The molecule has 0 heterocycles. The Hall–Kier alpha value is -4.23. The molecule has 4 aromatic carbocycles. The van der Waals surface area contributed by atoms with Crippen molar-refractivity contribution in [1.29, 1.82) is 0 Å². The average Bonchev–Trinajstić information content (AvgIpc) is 2.97. The molecule has 0 unspecified atom stereocenters. The SMILES string of the molecule is O=[PH](OC(=C(CC(F)(F)F)c1ccccc1)c1ccccc1)OC(=C(CC(F)(F)F)c1ccccc1)c1ccccc1. The highest BCUT2D eigenvalue weighted by Gasteiger charge is 2.34. The van der Waals surface area contributed by atoms with E-state index in [1.807, 2.05) is 0 Å². The first-order chi connectivity index (χ1) is 20.0. The van der Waals surface area contributed by atoms with Gasteiger partial charge in [-0.25, -0.2) is 4.57 Å². The molecule has 218 valence electrons. The van der Waals surface area contributed by atoms with Crippen molar-refractivity contribution >= 4 is 30.9 Å². The Morgan fingerprint density at radius 2 is 0.738 bits per heavy atom. The van der Waals surface area contributed by atoms with Crippen LogP contribution in [0.25, 0.3) is 22.7 Å². The molecule has 0 fully saturated rings. The molecule has 4 aromatic rings. The minimum absolute atomic E-state index is 0.171. The summed E-state index contributed by atoms with van der Waals surface area (Å²) in [5, 5.41) is 0. The van der Waals surface area contributed by atoms with Crippen LogP contribution in [0.5, 0.6) is 0 Å². The van der Waals surface area contributed by atoms with E-state index in [0.29, 0.717) is 0 Å². The maximum absolute atomic E-state index is 13.8. The third-order valence-electron chi connectivity index (χ3n) is 5.99. The topological polar surface area (TPSA) is 35.5 Å². The summed E-state index contributed by atoms with van der Waals surface area (Å²) in [6, 6.07) is 30.8. The molecule has 10 heteroatoms. The fourth-order valence-electron chi connectivity index (χ4n) is 4.26. The first-order valence-corrected chi connectivity index (χ1v) is 13.9. The van der Waals surface area contributed by atoms with E-state index in [4.69, 9.17) is 9.05 Å². The molecule has 4 rings (SSSR count). The van der Waals surface area contributed by atoms with Gasteiger partial charge in [-0.2, -0.15) is 26.3 Å². The van der Waals surface area contributed by atoms with E-state index in [-0.39, 0.29) is 44.9 Å². The van der Waals surface area contributed by atoms with Crippen molar-refractivity contribution in [1.82, 2.24) is 0 Å². The molecule has 0 amide bonds. The second-order valence-electron chi connectivity index (χ2n) is 9.12. The Morgan fingerprint density at radius 1 is 0.476 bits per heavy atom. The highest BCUT2D eigenvalue weighted by atomic mass is 31.1. The van der Waals surface area contributed by atoms with Gasteiger partial charge >= 0.3 is 20.6 Å². The minimum Gasteiger partial charge on any atom is -0.417 e. The van der Waals surface area contributed by atoms with Crippen LogP contribution in [0.4, 0.5) is 26.3 Å². The molecule has 0 aromatic heterocycles. The Morgan fingerprint density at radius 3 is 1.00 bits per heavy atom. The standard InChI is InChI=1S/C32H25F6O3P/c33-31(34,35)21-27(23-13-5-1-6-14-23)29(25-17-9-3-10-18-25)40-42(39)41-30(26-19-11-4-12-20-26)28(22-32(36,37)38)24-15-7-2-8-16-24/h1-20,42H,21-22H2. The van der Waals surface area contributed by atoms with Gasteiger partial charge in [0.25, 0.3) is 0 Å². The van der Waals surface area contributed by atoms with Gasteiger partial charge in [0, 0.05) is 22.3 Å². The lowest BCUT2D eigenvalue weighted by atomic mass is 9.98. The third-order valence-corrected chi connectivity index (χ3v) is 6.73. The van der Waals surface area contributed by atoms with Gasteiger partial charge in [0.15, 0.2) is 0 Å². The summed E-state index contributed by atoms with van der Waals surface area (Å²) in [6.45, 7) is 0. The lowest BCUT2D eigenvalue weighted by Gasteiger charge is -2.21. The zero-order valence-corrected chi connectivity index (χ0v) is 23.0. The zero-order chi connectivity index (χ0) is 30.2. The number of benzene rings is 4. The Balaban J connectivity index is 1.86. The molecule has 3 nitrogen and oxygen atoms in total. The van der Waals surface area contributed by atoms with Crippen LogP contribution in [0, 0.1) is 0 Å². The summed E-state index contributed by atoms with van der Waals surface area (Å²) in [6.07, 6.45) is -12.1. The molecule has 0 aliphatic carbocycles. The van der Waals surface area contributed by atoms with Gasteiger partial charge in [0.1, 0.15) is 11.5 Å². The van der Waals surface area contributed by atoms with Gasteiger partial charge in [-0.1, -0.05) is 121 Å². The van der Waals surface area contributed by atoms with Crippen LogP contribution in [0.3, 0.4) is 0 Å². The van der Waals surface area contributed by atoms with Crippen molar-refractivity contribution in [3.05, 3.63) is 144 Å². The van der Waals surface area contributed by atoms with Crippen LogP contribution in [-0.4, -0.2) is 12.4 Å². The van der Waals surface area contributed by atoms with Gasteiger partial charge in [0.2, 0.25) is 0 Å². The third kappa shape index (κ3) is 8.88. The molecular formula is C32H25F6O3P. The average molecular weight is 603 g/mol. The van der Waals surface area contributed by atoms with E-state index in [2.05, 4.69) is 0 Å². The lowest BCUT2D eigenvalue weighted by molar-refractivity contribution is -0.124. The molecule has 42 heavy (non-hydrogen) atoms. The van der Waals surface area contributed by atoms with Gasteiger partial charge in [-0.05, 0) is 11.1 Å². The van der Waals surface area contributed by atoms with Crippen molar-refractivity contribution in [3.8, 4) is 0 Å². The quantitative estimate of drug-likeness (QED) is 0.0784. The molecule has 0 bridgehead atoms. The van der Waals surface area contributed by atoms with Crippen molar-refractivity contribution in [2.24, 2.45) is 0 Å². The maximum atomic E-state index is 13.8. The van der Waals surface area contributed by atoms with E-state index in [9.17, 15) is 30.9 Å². The van der Waals surface area contributed by atoms with Crippen LogP contribution >= 0.6 is 8.25 Å². The minimum atomic E-state index is -4.66. The summed E-state index contributed by atoms with van der Waals surface area (Å²) in [7, 11) is -3.79. The summed E-state index contributed by atoms with van der Waals surface area (Å²) in [5.41, 5.74) is 0.103. The molecule has 0 aliphatic heterocycles. The number of hydrogen-bond donors (Lipinski definition) is 0. The number of halogens is 6. The molecule has 0 saturated heterocycles. The number of allylic oxidation sites excluding steroid dienone is 2. The Labute approximate surface area is 239 Å². The van der Waals surface area contributed by atoms with Crippen LogP contribution < -0.4 is 0 Å². The molecular weight excluding hydrogens is 577 g/mol. The van der Waals surface area contributed by atoms with E-state index in [0.717, 1.165) is 0 Å². The van der Waals surface area contributed by atoms with Crippen molar-refractivity contribution in [2.75, 3.05) is 0 Å². The molecule has 0 aliphatic rings. The Kier molecular flexibility index (Phi) is 9.96. The highest BCUT2D eigenvalue weighted by molar-refractivity contribution is 7.34. The summed E-state index contributed by atoms with van der Waals surface area (Å²) in [5.74, 6) is -0.708. The van der Waals surface area contributed by atoms with Crippen molar-refractivity contribution < 1.29 is 40.0 Å². The number of rotatable bonds is 10. The molecule has 0 spiro atoms. The van der Waals surface area contributed by atoms with E-state index >= 15 is 0 Å². The molecule has 0 N–H and O–H groups in total. The lowest BCUT2D eigenvalue weighted by Crippen LogP contribution is -2.10. The van der Waals surface area contributed by atoms with Crippen LogP contribution in [0.2, 0.25) is 0 Å². The van der Waals surface area contributed by atoms with Crippen LogP contribution in [0.15, 0.2) is 121 Å². The highest BCUT2D eigenvalue weighted by Crippen LogP contribution is 2.46. The number of hydrogen-bond acceptors (Lipinski definition) is 3. The fraction of sp³-hybridized carbons (Fsp3) is 0.125. The van der Waals surface area contributed by atoms with Crippen molar-refractivity contribution in [3.63, 3.8) is 0 Å². The maximum Gasteiger partial charge on any atom is 0.419 e. The first-order valence-electron chi connectivity index (χ1n) is 12.7. The van der Waals surface area contributed by atoms with Crippen LogP contribution in [0.1, 0.15) is 35.1 Å². The molecule has 0 atom stereocenters. The van der Waals surface area contributed by atoms with E-state index in [1.165, 1.54) is 48.5 Å². The largest absolute Gasteiger partial charge is 0.419 e. The fourth-order valence-corrected chi connectivity index (χ4v) is 5.12.